The summed E-state index contributed by atoms with van der Waals surface area (Å²) in [4.78, 5) is 14.6. The number of hydrogen-bond acceptors (Lipinski definition) is 4. The summed E-state index contributed by atoms with van der Waals surface area (Å²) in [5.74, 6) is 1.85. The van der Waals surface area contributed by atoms with E-state index < -0.39 is 0 Å². The van der Waals surface area contributed by atoms with Crippen molar-refractivity contribution in [3.05, 3.63) is 125 Å². The van der Waals surface area contributed by atoms with Gasteiger partial charge in [-0.2, -0.15) is 5.26 Å². The van der Waals surface area contributed by atoms with Crippen LogP contribution in [0.2, 0.25) is 0 Å². The summed E-state index contributed by atoms with van der Waals surface area (Å²) in [7, 11) is 0. The number of aryl methyl sites for hydroxylation is 2. The minimum atomic E-state index is -0.0614. The Kier molecular flexibility index (Phi) is 6.99. The largest absolute Gasteiger partial charge is 0.308 e. The van der Waals surface area contributed by atoms with Crippen LogP contribution in [0.25, 0.3) is 66.4 Å². The number of nitrogens with zero attached hydrogens (tertiary/aromatic N) is 6. The van der Waals surface area contributed by atoms with E-state index >= 15 is 0 Å². The molecule has 0 radical (unpaired) electrons. The van der Waals surface area contributed by atoms with Crippen LogP contribution in [-0.2, 0) is 10.8 Å². The fourth-order valence-corrected chi connectivity index (χ4v) is 7.38. The number of rotatable bonds is 3. The van der Waals surface area contributed by atoms with E-state index in [0.717, 1.165) is 60.5 Å². The zero-order chi connectivity index (χ0) is 35.1. The SMILES string of the molecule is Cc1nc(C)nc(-c2c(-n3c4ccccc4c4ccc(C(C)(C)C)cc43)cc(C#N)cc2-n2c3ccccc3c3ccc(C(C)(C)C)cc32)n1. The molecule has 0 saturated carbocycles. The molecule has 0 aliphatic rings. The van der Waals surface area contributed by atoms with E-state index in [9.17, 15) is 5.26 Å². The third-order valence-corrected chi connectivity index (χ3v) is 9.87. The molecule has 0 N–H and O–H groups in total. The van der Waals surface area contributed by atoms with E-state index in [1.165, 1.54) is 11.1 Å². The smallest absolute Gasteiger partial charge is 0.167 e. The first-order chi connectivity index (χ1) is 23.8. The molecule has 3 aromatic heterocycles. The van der Waals surface area contributed by atoms with Crippen molar-refractivity contribution in [3.8, 4) is 28.8 Å². The second-order valence-electron chi connectivity index (χ2n) is 15.4. The summed E-state index contributed by atoms with van der Waals surface area (Å²) in [6.45, 7) is 17.3. The average molecular weight is 653 g/mol. The molecule has 0 aliphatic carbocycles. The van der Waals surface area contributed by atoms with Crippen molar-refractivity contribution in [1.82, 2.24) is 24.1 Å². The zero-order valence-electron chi connectivity index (χ0n) is 29.9. The Bertz CT molecular complexity index is 2530. The highest BCUT2D eigenvalue weighted by Gasteiger charge is 2.26. The van der Waals surface area contributed by atoms with Gasteiger partial charge >= 0.3 is 0 Å². The van der Waals surface area contributed by atoms with Gasteiger partial charge in [0, 0.05) is 21.5 Å². The molecule has 5 aromatic carbocycles. The molecule has 50 heavy (non-hydrogen) atoms. The Morgan fingerprint density at radius 2 is 0.940 bits per heavy atom. The lowest BCUT2D eigenvalue weighted by Crippen LogP contribution is -2.12. The molecule has 8 rings (SSSR count). The zero-order valence-corrected chi connectivity index (χ0v) is 29.9. The predicted molar refractivity (Wildman–Crippen MR) is 206 cm³/mol. The molecule has 246 valence electrons. The molecule has 3 heterocycles. The molecule has 0 aliphatic heterocycles. The van der Waals surface area contributed by atoms with Gasteiger partial charge in [-0.1, -0.05) is 102 Å². The monoisotopic (exact) mass is 652 g/mol. The lowest BCUT2D eigenvalue weighted by Gasteiger charge is -2.22. The minimum Gasteiger partial charge on any atom is -0.308 e. The maximum atomic E-state index is 10.7. The summed E-state index contributed by atoms with van der Waals surface area (Å²) < 4.78 is 4.62. The lowest BCUT2D eigenvalue weighted by atomic mass is 9.86. The standard InChI is InChI=1S/C44H40N6/c1-26-46-27(2)48-42(47-26)41-39(49-35-15-11-9-13-31(35)33-19-17-29(23-37(33)49)43(3,4)5)21-28(25-45)22-40(41)50-36-16-12-10-14-32(36)34-20-18-30(24-38(34)50)44(6,7)8/h9-24H,1-8H3. The fourth-order valence-electron chi connectivity index (χ4n) is 7.38. The first-order valence-corrected chi connectivity index (χ1v) is 17.2. The van der Waals surface area contributed by atoms with Crippen molar-refractivity contribution in [2.45, 2.75) is 66.2 Å². The van der Waals surface area contributed by atoms with Crippen molar-refractivity contribution in [2.24, 2.45) is 0 Å². The van der Waals surface area contributed by atoms with Crippen LogP contribution in [0.1, 0.15) is 69.9 Å². The quantitative estimate of drug-likeness (QED) is 0.190. The molecule has 6 heteroatoms. The van der Waals surface area contributed by atoms with Crippen LogP contribution in [0.3, 0.4) is 0 Å². The van der Waals surface area contributed by atoms with Crippen molar-refractivity contribution in [2.75, 3.05) is 0 Å². The van der Waals surface area contributed by atoms with Gasteiger partial charge in [0.15, 0.2) is 5.82 Å². The van der Waals surface area contributed by atoms with E-state index in [1.54, 1.807) is 0 Å². The number of nitriles is 1. The first kappa shape index (κ1) is 31.5. The molecule has 0 amide bonds. The average Bonchev–Trinajstić information content (AvgIpc) is 3.58. The fraction of sp³-hybridized carbons (Fsp3) is 0.227. The Labute approximate surface area is 292 Å². The van der Waals surface area contributed by atoms with Crippen molar-refractivity contribution >= 4 is 43.6 Å². The van der Waals surface area contributed by atoms with Crippen LogP contribution >= 0.6 is 0 Å². The van der Waals surface area contributed by atoms with Crippen LogP contribution in [0.5, 0.6) is 0 Å². The summed E-state index contributed by atoms with van der Waals surface area (Å²) in [5.41, 5.74) is 9.67. The van der Waals surface area contributed by atoms with Gasteiger partial charge in [0.1, 0.15) is 11.6 Å². The highest BCUT2D eigenvalue weighted by molar-refractivity contribution is 6.12. The molecule has 8 aromatic rings. The summed E-state index contributed by atoms with van der Waals surface area (Å²) in [6, 6.07) is 37.1. The topological polar surface area (TPSA) is 72.3 Å². The Hall–Kier alpha value is -5.80. The van der Waals surface area contributed by atoms with Crippen molar-refractivity contribution in [3.63, 3.8) is 0 Å². The van der Waals surface area contributed by atoms with E-state index in [2.05, 4.69) is 147 Å². The number of benzene rings is 5. The van der Waals surface area contributed by atoms with Crippen LogP contribution in [0.4, 0.5) is 0 Å². The third-order valence-electron chi connectivity index (χ3n) is 9.87. The molecule has 0 spiro atoms. The number of fused-ring (bicyclic) bond motifs is 6. The van der Waals surface area contributed by atoms with Gasteiger partial charge in [0.25, 0.3) is 0 Å². The second-order valence-corrected chi connectivity index (χ2v) is 15.4. The van der Waals surface area contributed by atoms with Crippen LogP contribution < -0.4 is 0 Å². The van der Waals surface area contributed by atoms with Gasteiger partial charge in [-0.3, -0.25) is 0 Å². The van der Waals surface area contributed by atoms with Gasteiger partial charge in [0.2, 0.25) is 0 Å². The van der Waals surface area contributed by atoms with E-state index in [0.29, 0.717) is 23.0 Å². The van der Waals surface area contributed by atoms with Crippen LogP contribution in [-0.4, -0.2) is 24.1 Å². The Balaban J connectivity index is 1.61. The number of hydrogen-bond donors (Lipinski definition) is 0. The Morgan fingerprint density at radius 1 is 0.520 bits per heavy atom. The third kappa shape index (κ3) is 4.96. The van der Waals surface area contributed by atoms with Gasteiger partial charge in [0.05, 0.1) is 50.6 Å². The maximum Gasteiger partial charge on any atom is 0.167 e. The minimum absolute atomic E-state index is 0.0614. The number of para-hydroxylation sites is 2. The summed E-state index contributed by atoms with van der Waals surface area (Å²) in [5, 5.41) is 15.3. The molecular formula is C44H40N6. The van der Waals surface area contributed by atoms with E-state index in [4.69, 9.17) is 9.97 Å². The molecule has 0 atom stereocenters. The van der Waals surface area contributed by atoms with Crippen LogP contribution in [0.15, 0.2) is 97.1 Å². The second kappa shape index (κ2) is 11.1. The van der Waals surface area contributed by atoms with Gasteiger partial charge in [-0.15, -0.1) is 0 Å². The first-order valence-electron chi connectivity index (χ1n) is 17.2. The van der Waals surface area contributed by atoms with E-state index in [-0.39, 0.29) is 10.8 Å². The van der Waals surface area contributed by atoms with Gasteiger partial charge < -0.3 is 9.13 Å². The van der Waals surface area contributed by atoms with Crippen molar-refractivity contribution < 1.29 is 0 Å². The highest BCUT2D eigenvalue weighted by Crippen LogP contribution is 2.43. The summed E-state index contributed by atoms with van der Waals surface area (Å²) >= 11 is 0. The predicted octanol–water partition coefficient (Wildman–Crippen LogP) is 10.8. The summed E-state index contributed by atoms with van der Waals surface area (Å²) in [6.07, 6.45) is 0. The molecule has 6 nitrogen and oxygen atoms in total. The molecule has 0 unspecified atom stereocenters. The van der Waals surface area contributed by atoms with Gasteiger partial charge in [-0.05, 0) is 72.2 Å². The van der Waals surface area contributed by atoms with E-state index in [1.807, 2.05) is 26.0 Å². The lowest BCUT2D eigenvalue weighted by molar-refractivity contribution is 0.590. The highest BCUT2D eigenvalue weighted by atomic mass is 15.1. The molecule has 0 bridgehead atoms. The van der Waals surface area contributed by atoms with Crippen LogP contribution in [0, 0.1) is 25.2 Å². The molecule has 0 saturated heterocycles. The maximum absolute atomic E-state index is 10.7. The normalized spacial score (nSPS) is 12.4. The van der Waals surface area contributed by atoms with Crippen molar-refractivity contribution in [1.29, 1.82) is 5.26 Å². The Morgan fingerprint density at radius 3 is 1.36 bits per heavy atom. The van der Waals surface area contributed by atoms with Gasteiger partial charge in [-0.25, -0.2) is 15.0 Å². The molecule has 0 fully saturated rings. The number of aromatic nitrogens is 5. The molecular weight excluding hydrogens is 613 g/mol.